The lowest BCUT2D eigenvalue weighted by atomic mass is 10.00. The summed E-state index contributed by atoms with van der Waals surface area (Å²) in [7, 11) is -1.70. The van der Waals surface area contributed by atoms with Crippen LogP contribution in [0.1, 0.15) is 25.3 Å². The molecule has 0 aliphatic carbocycles. The van der Waals surface area contributed by atoms with Gasteiger partial charge in [-0.05, 0) is 37.8 Å². The lowest BCUT2D eigenvalue weighted by molar-refractivity contribution is 0.273. The van der Waals surface area contributed by atoms with E-state index >= 15 is 0 Å². The largest absolute Gasteiger partial charge is 0.355 e. The Bertz CT molecular complexity index is 648. The van der Waals surface area contributed by atoms with Crippen molar-refractivity contribution in [2.75, 3.05) is 33.2 Å². The third kappa shape index (κ3) is 5.21. The van der Waals surface area contributed by atoms with E-state index in [2.05, 4.69) is 26.9 Å². The van der Waals surface area contributed by atoms with Crippen molar-refractivity contribution in [3.63, 3.8) is 0 Å². The molecule has 0 spiro atoms. The van der Waals surface area contributed by atoms with Crippen molar-refractivity contribution in [1.82, 2.24) is 14.9 Å². The number of hydrogen-bond donors (Lipinski definition) is 2. The van der Waals surface area contributed by atoms with Crippen molar-refractivity contribution in [3.8, 4) is 0 Å². The van der Waals surface area contributed by atoms with Gasteiger partial charge in [0.1, 0.15) is 0 Å². The van der Waals surface area contributed by atoms with Gasteiger partial charge >= 0.3 is 0 Å². The zero-order valence-corrected chi connectivity index (χ0v) is 15.6. The molecule has 0 radical (unpaired) electrons. The average Bonchev–Trinajstić information content (AvgIpc) is 2.56. The van der Waals surface area contributed by atoms with E-state index in [0.29, 0.717) is 18.0 Å². The third-order valence-electron chi connectivity index (χ3n) is 4.33. The quantitative estimate of drug-likeness (QED) is 0.479. The first-order valence-electron chi connectivity index (χ1n) is 8.44. The van der Waals surface area contributed by atoms with Crippen molar-refractivity contribution in [2.45, 2.75) is 31.6 Å². The summed E-state index contributed by atoms with van der Waals surface area (Å²) < 4.78 is 27.1. The van der Waals surface area contributed by atoms with Crippen LogP contribution in [0.5, 0.6) is 0 Å². The molecule has 1 saturated heterocycles. The number of sulfonamides is 1. The fraction of sp³-hybridized carbons (Fsp3) is 0.588. The first kappa shape index (κ1) is 18.7. The lowest BCUT2D eigenvalue weighted by Gasteiger charge is -2.32. The van der Waals surface area contributed by atoms with Crippen LogP contribution in [0.15, 0.2) is 34.2 Å². The fourth-order valence-corrected chi connectivity index (χ4v) is 3.74. The molecule has 134 valence electrons. The fourth-order valence-electron chi connectivity index (χ4n) is 2.71. The topological polar surface area (TPSA) is 73.8 Å². The highest BCUT2D eigenvalue weighted by Gasteiger charge is 2.18. The van der Waals surface area contributed by atoms with Crippen LogP contribution in [-0.4, -0.2) is 52.5 Å². The number of nitrogens with one attached hydrogen (secondary N) is 2. The number of nitrogens with zero attached hydrogens (tertiary/aromatic N) is 2. The second-order valence-electron chi connectivity index (χ2n) is 6.35. The van der Waals surface area contributed by atoms with Gasteiger partial charge in [-0.25, -0.2) is 13.1 Å². The summed E-state index contributed by atoms with van der Waals surface area (Å²) in [5.41, 5.74) is 1.04. The summed E-state index contributed by atoms with van der Waals surface area (Å²) in [6, 6.07) is 6.84. The van der Waals surface area contributed by atoms with E-state index in [1.54, 1.807) is 31.3 Å². The summed E-state index contributed by atoms with van der Waals surface area (Å²) >= 11 is 0. The standard InChI is InChI=1S/C17H28N4O2S/c1-14-4-6-16(7-5-14)24(22,23)20-11-10-19-17(18-3)21-12-8-15(2)9-13-21/h4-7,15,20H,8-13H2,1-3H3,(H,18,19). The number of likely N-dealkylation sites (tertiary alicyclic amines) is 1. The van der Waals surface area contributed by atoms with Gasteiger partial charge in [-0.1, -0.05) is 24.6 Å². The van der Waals surface area contributed by atoms with Crippen LogP contribution in [0.2, 0.25) is 0 Å². The number of guanidine groups is 1. The minimum absolute atomic E-state index is 0.294. The van der Waals surface area contributed by atoms with Crippen molar-refractivity contribution in [1.29, 1.82) is 0 Å². The third-order valence-corrected chi connectivity index (χ3v) is 5.80. The van der Waals surface area contributed by atoms with E-state index in [1.807, 2.05) is 6.92 Å². The van der Waals surface area contributed by atoms with Crippen LogP contribution in [0, 0.1) is 12.8 Å². The normalized spacial score (nSPS) is 17.1. The Kier molecular flexibility index (Phi) is 6.62. The summed E-state index contributed by atoms with van der Waals surface area (Å²) in [6.45, 7) is 7.02. The molecule has 2 N–H and O–H groups in total. The number of aryl methyl sites for hydroxylation is 1. The number of hydrogen-bond acceptors (Lipinski definition) is 3. The molecule has 24 heavy (non-hydrogen) atoms. The van der Waals surface area contributed by atoms with Gasteiger partial charge in [-0.15, -0.1) is 0 Å². The minimum atomic E-state index is -3.46. The summed E-state index contributed by atoms with van der Waals surface area (Å²) in [4.78, 5) is 6.82. The van der Waals surface area contributed by atoms with Crippen molar-refractivity contribution in [2.24, 2.45) is 10.9 Å². The molecule has 0 unspecified atom stereocenters. The summed E-state index contributed by atoms with van der Waals surface area (Å²) in [6.07, 6.45) is 2.33. The van der Waals surface area contributed by atoms with Gasteiger partial charge in [0, 0.05) is 33.2 Å². The Balaban J connectivity index is 1.80. The highest BCUT2D eigenvalue weighted by molar-refractivity contribution is 7.89. The van der Waals surface area contributed by atoms with E-state index in [1.165, 1.54) is 12.8 Å². The van der Waals surface area contributed by atoms with Crippen LogP contribution in [0.4, 0.5) is 0 Å². The number of benzene rings is 1. The van der Waals surface area contributed by atoms with Crippen LogP contribution < -0.4 is 10.0 Å². The van der Waals surface area contributed by atoms with E-state index < -0.39 is 10.0 Å². The van der Waals surface area contributed by atoms with Gasteiger partial charge in [0.25, 0.3) is 0 Å². The molecule has 6 nitrogen and oxygen atoms in total. The molecule has 1 aliphatic rings. The first-order chi connectivity index (χ1) is 11.4. The van der Waals surface area contributed by atoms with Crippen molar-refractivity contribution in [3.05, 3.63) is 29.8 Å². The minimum Gasteiger partial charge on any atom is -0.355 e. The Morgan fingerprint density at radius 1 is 1.21 bits per heavy atom. The smallest absolute Gasteiger partial charge is 0.240 e. The molecular formula is C17H28N4O2S. The zero-order chi connectivity index (χ0) is 17.6. The maximum atomic E-state index is 12.2. The second kappa shape index (κ2) is 8.48. The van der Waals surface area contributed by atoms with Crippen LogP contribution in [-0.2, 0) is 10.0 Å². The van der Waals surface area contributed by atoms with Gasteiger partial charge < -0.3 is 10.2 Å². The molecule has 0 bridgehead atoms. The summed E-state index contributed by atoms with van der Waals surface area (Å²) in [5, 5.41) is 3.24. The Hall–Kier alpha value is -1.60. The van der Waals surface area contributed by atoms with Crippen LogP contribution >= 0.6 is 0 Å². The van der Waals surface area contributed by atoms with E-state index in [9.17, 15) is 8.42 Å². The van der Waals surface area contributed by atoms with Gasteiger partial charge in [-0.2, -0.15) is 0 Å². The number of piperidine rings is 1. The molecule has 0 atom stereocenters. The van der Waals surface area contributed by atoms with Crippen LogP contribution in [0.25, 0.3) is 0 Å². The maximum absolute atomic E-state index is 12.2. The van der Waals surface area contributed by atoms with Gasteiger partial charge in [0.05, 0.1) is 4.90 Å². The second-order valence-corrected chi connectivity index (χ2v) is 8.12. The van der Waals surface area contributed by atoms with E-state index in [-0.39, 0.29) is 0 Å². The highest BCUT2D eigenvalue weighted by atomic mass is 32.2. The van der Waals surface area contributed by atoms with Crippen LogP contribution in [0.3, 0.4) is 0 Å². The molecule has 0 aromatic heterocycles. The van der Waals surface area contributed by atoms with E-state index in [0.717, 1.165) is 30.5 Å². The maximum Gasteiger partial charge on any atom is 0.240 e. The molecule has 1 fully saturated rings. The molecule has 0 saturated carbocycles. The van der Waals surface area contributed by atoms with Gasteiger partial charge in [0.15, 0.2) is 5.96 Å². The molecule has 2 rings (SSSR count). The van der Waals surface area contributed by atoms with Gasteiger partial charge in [-0.3, -0.25) is 4.99 Å². The monoisotopic (exact) mass is 352 g/mol. The zero-order valence-electron chi connectivity index (χ0n) is 14.7. The van der Waals surface area contributed by atoms with E-state index in [4.69, 9.17) is 0 Å². The Morgan fingerprint density at radius 3 is 2.42 bits per heavy atom. The molecule has 1 aliphatic heterocycles. The predicted octanol–water partition coefficient (Wildman–Crippen LogP) is 1.58. The molecular weight excluding hydrogens is 324 g/mol. The molecule has 7 heteroatoms. The lowest BCUT2D eigenvalue weighted by Crippen LogP contribution is -2.47. The van der Waals surface area contributed by atoms with Crippen molar-refractivity contribution >= 4 is 16.0 Å². The van der Waals surface area contributed by atoms with Gasteiger partial charge in [0.2, 0.25) is 10.0 Å². The predicted molar refractivity (Wildman–Crippen MR) is 97.7 cm³/mol. The summed E-state index contributed by atoms with van der Waals surface area (Å²) in [5.74, 6) is 1.61. The Morgan fingerprint density at radius 2 is 1.83 bits per heavy atom. The number of aliphatic imine (C=N–C) groups is 1. The molecule has 1 heterocycles. The first-order valence-corrected chi connectivity index (χ1v) is 9.92. The number of rotatable bonds is 5. The molecule has 1 aromatic rings. The SMILES string of the molecule is CN=C(NCCNS(=O)(=O)c1ccc(C)cc1)N1CCC(C)CC1. The Labute approximate surface area is 145 Å². The molecule has 1 aromatic carbocycles. The average molecular weight is 353 g/mol. The molecule has 0 amide bonds. The van der Waals surface area contributed by atoms with Crippen molar-refractivity contribution < 1.29 is 8.42 Å². The highest BCUT2D eigenvalue weighted by Crippen LogP contribution is 2.15.